The third-order valence-corrected chi connectivity index (χ3v) is 5.76. The van der Waals surface area contributed by atoms with E-state index in [1.807, 2.05) is 58.0 Å². The number of aliphatic hydroxyl groups excluding tert-OH is 1. The summed E-state index contributed by atoms with van der Waals surface area (Å²) in [7, 11) is 0. The Morgan fingerprint density at radius 1 is 1.33 bits per heavy atom. The molecule has 0 radical (unpaired) electrons. The molecule has 1 aromatic heterocycles. The maximum absolute atomic E-state index is 13.5. The first-order valence-corrected chi connectivity index (χ1v) is 10.3. The maximum Gasteiger partial charge on any atom is 0.234 e. The molecule has 8 nitrogen and oxygen atoms in total. The number of rotatable bonds is 5. The summed E-state index contributed by atoms with van der Waals surface area (Å²) < 4.78 is 5.42. The number of benzene rings is 1. The highest BCUT2D eigenvalue weighted by Gasteiger charge is 2.45. The van der Waals surface area contributed by atoms with Gasteiger partial charge in [0.15, 0.2) is 0 Å². The number of nitrogens with zero attached hydrogens (tertiary/aromatic N) is 3. The highest BCUT2D eigenvalue weighted by Crippen LogP contribution is 2.34. The van der Waals surface area contributed by atoms with Gasteiger partial charge < -0.3 is 14.5 Å². The Bertz CT molecular complexity index is 942. The molecule has 2 aliphatic heterocycles. The SMILES string of the molecule is Cc1cc([C@@H](C(=O)N2C[C@H](O)C[C@H]2C2=N[C@@](C)(c3ccccc3)ON2)C(C)C)on1. The minimum absolute atomic E-state index is 0.00699. The summed E-state index contributed by atoms with van der Waals surface area (Å²) >= 11 is 0. The van der Waals surface area contributed by atoms with E-state index in [1.54, 1.807) is 11.0 Å². The Labute approximate surface area is 175 Å². The number of nitrogens with one attached hydrogen (secondary N) is 1. The second-order valence-corrected chi connectivity index (χ2v) is 8.54. The van der Waals surface area contributed by atoms with E-state index in [0.717, 1.165) is 11.3 Å². The average Bonchev–Trinajstić information content (AvgIpc) is 3.41. The number of aliphatic hydroxyl groups is 1. The van der Waals surface area contributed by atoms with Crippen molar-refractivity contribution in [3.63, 3.8) is 0 Å². The molecule has 8 heteroatoms. The third kappa shape index (κ3) is 3.73. The number of β-amino-alcohol motifs (C(OH)–C–C–N with tert-alkyl or cyclic N) is 1. The van der Waals surface area contributed by atoms with Crippen molar-refractivity contribution < 1.29 is 19.3 Å². The number of hydroxylamine groups is 1. The average molecular weight is 412 g/mol. The van der Waals surface area contributed by atoms with Crippen LogP contribution in [0.1, 0.15) is 50.1 Å². The first-order chi connectivity index (χ1) is 14.3. The lowest BCUT2D eigenvalue weighted by molar-refractivity contribution is -0.134. The maximum atomic E-state index is 13.5. The van der Waals surface area contributed by atoms with Crippen molar-refractivity contribution in [1.29, 1.82) is 0 Å². The van der Waals surface area contributed by atoms with Gasteiger partial charge in [0.05, 0.1) is 17.8 Å². The number of amides is 1. The number of hydrogen-bond donors (Lipinski definition) is 2. The lowest BCUT2D eigenvalue weighted by Gasteiger charge is -2.29. The molecule has 0 unspecified atom stereocenters. The zero-order valence-corrected chi connectivity index (χ0v) is 17.7. The van der Waals surface area contributed by atoms with Gasteiger partial charge in [0.2, 0.25) is 11.6 Å². The number of aromatic nitrogens is 1. The van der Waals surface area contributed by atoms with Gasteiger partial charge in [0, 0.05) is 24.6 Å². The first-order valence-electron chi connectivity index (χ1n) is 10.3. The number of aryl methyl sites for hydroxylation is 1. The fraction of sp³-hybridized carbons (Fsp3) is 0.500. The standard InChI is InChI=1S/C22H28N4O4/c1-13(2)19(18-10-14(3)24-29-18)21(28)26-12-16(27)11-17(26)20-23-22(4,30-25-20)15-8-6-5-7-9-15/h5-10,13,16-17,19,27H,11-12H2,1-4H3,(H,23,25)/t16-,17+,19+,22-/m1/s1. The van der Waals surface area contributed by atoms with E-state index in [9.17, 15) is 9.90 Å². The number of hydrogen-bond acceptors (Lipinski definition) is 7. The summed E-state index contributed by atoms with van der Waals surface area (Å²) in [5.41, 5.74) is 3.66. The highest BCUT2D eigenvalue weighted by molar-refractivity contribution is 5.94. The smallest absolute Gasteiger partial charge is 0.234 e. The van der Waals surface area contributed by atoms with Crippen LogP contribution in [0.3, 0.4) is 0 Å². The number of carbonyl (C=O) groups is 1. The predicted octanol–water partition coefficient (Wildman–Crippen LogP) is 2.49. The molecule has 1 fully saturated rings. The zero-order chi connectivity index (χ0) is 21.5. The van der Waals surface area contributed by atoms with Gasteiger partial charge in [-0.1, -0.05) is 49.3 Å². The molecule has 1 saturated heterocycles. The second kappa shape index (κ2) is 7.85. The molecular weight excluding hydrogens is 384 g/mol. The molecule has 0 aliphatic carbocycles. The van der Waals surface area contributed by atoms with Crippen molar-refractivity contribution in [2.24, 2.45) is 10.9 Å². The van der Waals surface area contributed by atoms with Gasteiger partial charge in [-0.05, 0) is 19.8 Å². The van der Waals surface area contributed by atoms with Crippen molar-refractivity contribution in [2.75, 3.05) is 6.54 Å². The quantitative estimate of drug-likeness (QED) is 0.783. The van der Waals surface area contributed by atoms with E-state index in [-0.39, 0.29) is 18.4 Å². The van der Waals surface area contributed by atoms with Gasteiger partial charge in [-0.2, -0.15) is 0 Å². The van der Waals surface area contributed by atoms with Crippen LogP contribution in [0.2, 0.25) is 0 Å². The monoisotopic (exact) mass is 412 g/mol. The fourth-order valence-electron chi connectivity index (χ4n) is 4.20. The largest absolute Gasteiger partial charge is 0.391 e. The minimum atomic E-state index is -0.891. The number of carbonyl (C=O) groups excluding carboxylic acids is 1. The molecule has 30 heavy (non-hydrogen) atoms. The van der Waals surface area contributed by atoms with Crippen molar-refractivity contribution in [3.05, 3.63) is 53.4 Å². The van der Waals surface area contributed by atoms with Crippen LogP contribution in [-0.4, -0.2) is 45.6 Å². The van der Waals surface area contributed by atoms with Gasteiger partial charge in [-0.25, -0.2) is 15.3 Å². The molecule has 4 rings (SSSR count). The van der Waals surface area contributed by atoms with Crippen molar-refractivity contribution >= 4 is 11.7 Å². The number of likely N-dealkylation sites (tertiary alicyclic amines) is 1. The third-order valence-electron chi connectivity index (χ3n) is 5.76. The predicted molar refractivity (Wildman–Crippen MR) is 110 cm³/mol. The van der Waals surface area contributed by atoms with Crippen LogP contribution >= 0.6 is 0 Å². The van der Waals surface area contributed by atoms with Crippen LogP contribution in [0.4, 0.5) is 0 Å². The van der Waals surface area contributed by atoms with Crippen LogP contribution in [0, 0.1) is 12.8 Å². The Balaban J connectivity index is 1.62. The molecule has 2 aromatic rings. The van der Waals surface area contributed by atoms with Gasteiger partial charge in [0.1, 0.15) is 17.5 Å². The summed E-state index contributed by atoms with van der Waals surface area (Å²) in [5, 5.41) is 14.3. The molecule has 0 bridgehead atoms. The fourth-order valence-corrected chi connectivity index (χ4v) is 4.20. The van der Waals surface area contributed by atoms with Crippen LogP contribution in [-0.2, 0) is 15.4 Å². The lowest BCUT2D eigenvalue weighted by Crippen LogP contribution is -2.46. The van der Waals surface area contributed by atoms with Gasteiger partial charge in [-0.3, -0.25) is 4.79 Å². The molecule has 4 atom stereocenters. The topological polar surface area (TPSA) is 100 Å². The molecule has 0 spiro atoms. The van der Waals surface area contributed by atoms with E-state index in [0.29, 0.717) is 18.0 Å². The van der Waals surface area contributed by atoms with E-state index < -0.39 is 23.8 Å². The van der Waals surface area contributed by atoms with Gasteiger partial charge in [0.25, 0.3) is 0 Å². The Kier molecular flexibility index (Phi) is 5.38. The Morgan fingerprint density at radius 3 is 2.70 bits per heavy atom. The number of aliphatic imine (C=N–C) groups is 1. The lowest BCUT2D eigenvalue weighted by atomic mass is 9.91. The summed E-state index contributed by atoms with van der Waals surface area (Å²) in [6, 6.07) is 11.1. The van der Waals surface area contributed by atoms with Crippen molar-refractivity contribution in [2.45, 2.75) is 57.9 Å². The Hall–Kier alpha value is -2.71. The van der Waals surface area contributed by atoms with Gasteiger partial charge in [-0.15, -0.1) is 0 Å². The molecule has 0 saturated carbocycles. The number of amidine groups is 1. The van der Waals surface area contributed by atoms with E-state index in [4.69, 9.17) is 14.4 Å². The normalized spacial score (nSPS) is 27.3. The molecule has 3 heterocycles. The summed E-state index contributed by atoms with van der Waals surface area (Å²) in [4.78, 5) is 25.8. The van der Waals surface area contributed by atoms with Crippen molar-refractivity contribution in [1.82, 2.24) is 15.5 Å². The summed E-state index contributed by atoms with van der Waals surface area (Å²) in [5.74, 6) is 0.498. The van der Waals surface area contributed by atoms with E-state index >= 15 is 0 Å². The first kappa shape index (κ1) is 20.6. The molecule has 2 aliphatic rings. The minimum Gasteiger partial charge on any atom is -0.391 e. The molecule has 1 aromatic carbocycles. The Morgan fingerprint density at radius 2 is 2.07 bits per heavy atom. The van der Waals surface area contributed by atoms with Crippen LogP contribution < -0.4 is 5.48 Å². The molecular formula is C22H28N4O4. The van der Waals surface area contributed by atoms with Crippen LogP contribution in [0.15, 0.2) is 45.9 Å². The second-order valence-electron chi connectivity index (χ2n) is 8.54. The highest BCUT2D eigenvalue weighted by atomic mass is 16.7. The summed E-state index contributed by atoms with van der Waals surface area (Å²) in [6.07, 6.45) is -0.234. The van der Waals surface area contributed by atoms with Crippen LogP contribution in [0.5, 0.6) is 0 Å². The van der Waals surface area contributed by atoms with Gasteiger partial charge >= 0.3 is 0 Å². The van der Waals surface area contributed by atoms with Crippen LogP contribution in [0.25, 0.3) is 0 Å². The van der Waals surface area contributed by atoms with E-state index in [2.05, 4.69) is 10.6 Å². The van der Waals surface area contributed by atoms with Crippen molar-refractivity contribution in [3.8, 4) is 0 Å². The van der Waals surface area contributed by atoms with E-state index in [1.165, 1.54) is 0 Å². The molecule has 1 amide bonds. The summed E-state index contributed by atoms with van der Waals surface area (Å²) in [6.45, 7) is 7.89. The molecule has 2 N–H and O–H groups in total. The zero-order valence-electron chi connectivity index (χ0n) is 17.7. The molecule has 160 valence electrons.